The zero-order chi connectivity index (χ0) is 31.9. The summed E-state index contributed by atoms with van der Waals surface area (Å²) in [4.78, 5) is 54.7. The SMILES string of the molecule is O=C1c2cccc3cccc(c23)C(=O)N1CCNCCCCCCCCCCNCCN1C(=O)c2cccc3cccc(c23)C1=O. The zero-order valence-corrected chi connectivity index (χ0v) is 26.4. The van der Waals surface area contributed by atoms with E-state index in [1.54, 1.807) is 0 Å². The molecule has 0 fully saturated rings. The molecule has 0 radical (unpaired) electrons. The molecule has 46 heavy (non-hydrogen) atoms. The second-order valence-corrected chi connectivity index (χ2v) is 12.3. The van der Waals surface area contributed by atoms with Crippen molar-refractivity contribution >= 4 is 45.2 Å². The summed E-state index contributed by atoms with van der Waals surface area (Å²) in [6, 6.07) is 22.5. The fourth-order valence-corrected chi connectivity index (χ4v) is 6.76. The largest absolute Gasteiger partial charge is 0.315 e. The molecular formula is C38H42N4O4. The van der Waals surface area contributed by atoms with Gasteiger partial charge in [0.25, 0.3) is 23.6 Å². The standard InChI is InChI=1S/C38H42N4O4/c43-35-29-17-9-13-27-14-10-18-30(33(27)29)36(44)41(35)25-23-39-21-7-5-3-1-2-4-6-8-22-40-24-26-42-37(45)31-19-11-15-28-16-12-20-32(34(28)31)38(42)46/h9-20,39-40H,1-8,21-26H2. The average molecular weight is 619 g/mol. The number of nitrogens with zero attached hydrogens (tertiary/aromatic N) is 2. The first-order valence-electron chi connectivity index (χ1n) is 16.7. The molecule has 4 amide bonds. The van der Waals surface area contributed by atoms with E-state index in [4.69, 9.17) is 0 Å². The molecule has 0 aliphatic carbocycles. The average Bonchev–Trinajstić information content (AvgIpc) is 3.08. The van der Waals surface area contributed by atoms with Gasteiger partial charge in [-0.2, -0.15) is 0 Å². The third-order valence-electron chi connectivity index (χ3n) is 9.19. The first-order valence-corrected chi connectivity index (χ1v) is 16.7. The molecular weight excluding hydrogens is 576 g/mol. The van der Waals surface area contributed by atoms with Crippen LogP contribution in [0.1, 0.15) is 92.8 Å². The van der Waals surface area contributed by atoms with Crippen LogP contribution in [-0.2, 0) is 0 Å². The Bertz CT molecular complexity index is 1540. The van der Waals surface area contributed by atoms with Crippen molar-refractivity contribution in [1.82, 2.24) is 20.4 Å². The first-order chi connectivity index (χ1) is 22.6. The van der Waals surface area contributed by atoms with Crippen LogP contribution < -0.4 is 10.6 Å². The Hall–Kier alpha value is -4.40. The van der Waals surface area contributed by atoms with Gasteiger partial charge in [0.15, 0.2) is 0 Å². The highest BCUT2D eigenvalue weighted by Crippen LogP contribution is 2.31. The zero-order valence-electron chi connectivity index (χ0n) is 26.4. The molecule has 0 spiro atoms. The van der Waals surface area contributed by atoms with Crippen molar-refractivity contribution in [3.63, 3.8) is 0 Å². The topological polar surface area (TPSA) is 98.8 Å². The van der Waals surface area contributed by atoms with Crippen LogP contribution in [-0.4, -0.2) is 72.7 Å². The summed E-state index contributed by atoms with van der Waals surface area (Å²) < 4.78 is 0. The normalized spacial score (nSPS) is 14.3. The molecule has 0 saturated carbocycles. The monoisotopic (exact) mass is 618 g/mol. The van der Waals surface area contributed by atoms with Gasteiger partial charge in [-0.15, -0.1) is 0 Å². The number of benzene rings is 4. The van der Waals surface area contributed by atoms with E-state index in [1.165, 1.54) is 48.3 Å². The molecule has 0 atom stereocenters. The highest BCUT2D eigenvalue weighted by molar-refractivity contribution is 6.26. The van der Waals surface area contributed by atoms with Gasteiger partial charge in [-0.1, -0.05) is 87.1 Å². The van der Waals surface area contributed by atoms with Crippen LogP contribution in [0, 0.1) is 0 Å². The Morgan fingerprint density at radius 2 is 0.696 bits per heavy atom. The lowest BCUT2D eigenvalue weighted by molar-refractivity contribution is 0.0596. The van der Waals surface area contributed by atoms with Gasteiger partial charge in [-0.25, -0.2) is 0 Å². The van der Waals surface area contributed by atoms with Crippen LogP contribution >= 0.6 is 0 Å². The minimum Gasteiger partial charge on any atom is -0.315 e. The van der Waals surface area contributed by atoms with Gasteiger partial charge in [-0.3, -0.25) is 29.0 Å². The highest BCUT2D eigenvalue weighted by atomic mass is 16.2. The van der Waals surface area contributed by atoms with Crippen molar-refractivity contribution in [2.75, 3.05) is 39.3 Å². The molecule has 4 aromatic rings. The molecule has 6 rings (SSSR count). The van der Waals surface area contributed by atoms with E-state index in [1.807, 2.05) is 72.8 Å². The van der Waals surface area contributed by atoms with Crippen LogP contribution in [0.2, 0.25) is 0 Å². The molecule has 0 saturated heterocycles. The maximum atomic E-state index is 13.0. The lowest BCUT2D eigenvalue weighted by Crippen LogP contribution is -2.43. The number of imide groups is 2. The van der Waals surface area contributed by atoms with Gasteiger partial charge >= 0.3 is 0 Å². The van der Waals surface area contributed by atoms with Gasteiger partial charge < -0.3 is 10.6 Å². The molecule has 4 aromatic carbocycles. The molecule has 0 unspecified atom stereocenters. The first kappa shape index (κ1) is 31.6. The van der Waals surface area contributed by atoms with E-state index in [0.717, 1.165) is 47.5 Å². The minimum absolute atomic E-state index is 0.206. The molecule has 238 valence electrons. The second kappa shape index (κ2) is 14.8. The van der Waals surface area contributed by atoms with Crippen molar-refractivity contribution in [3.8, 4) is 0 Å². The quantitative estimate of drug-likeness (QED) is 0.108. The van der Waals surface area contributed by atoms with E-state index >= 15 is 0 Å². The Labute approximate surface area is 270 Å². The fraction of sp³-hybridized carbons (Fsp3) is 0.368. The fourth-order valence-electron chi connectivity index (χ4n) is 6.76. The van der Waals surface area contributed by atoms with Crippen LogP contribution in [0.5, 0.6) is 0 Å². The van der Waals surface area contributed by atoms with Gasteiger partial charge in [0.2, 0.25) is 0 Å². The summed E-state index contributed by atoms with van der Waals surface area (Å²) >= 11 is 0. The van der Waals surface area contributed by atoms with Crippen LogP contribution in [0.25, 0.3) is 21.5 Å². The molecule has 8 heteroatoms. The summed E-state index contributed by atoms with van der Waals surface area (Å²) in [5.41, 5.74) is 2.43. The number of hydrogen-bond donors (Lipinski definition) is 2. The molecule has 2 heterocycles. The van der Waals surface area contributed by atoms with Gasteiger partial charge in [0, 0.05) is 59.2 Å². The van der Waals surface area contributed by atoms with E-state index < -0.39 is 0 Å². The van der Waals surface area contributed by atoms with Crippen LogP contribution in [0.15, 0.2) is 72.8 Å². The minimum atomic E-state index is -0.206. The van der Waals surface area contributed by atoms with Crippen LogP contribution in [0.4, 0.5) is 0 Å². The third-order valence-corrected chi connectivity index (χ3v) is 9.19. The molecule has 0 bridgehead atoms. The molecule has 0 aromatic heterocycles. The maximum absolute atomic E-state index is 13.0. The number of rotatable bonds is 17. The Balaban J connectivity index is 0.773. The summed E-state index contributed by atoms with van der Waals surface area (Å²) in [5.74, 6) is -0.826. The van der Waals surface area contributed by atoms with Gasteiger partial charge in [0.05, 0.1) is 0 Å². The summed E-state index contributed by atoms with van der Waals surface area (Å²) in [7, 11) is 0. The number of amides is 4. The third kappa shape index (κ3) is 6.59. The van der Waals surface area contributed by atoms with E-state index in [-0.39, 0.29) is 23.6 Å². The van der Waals surface area contributed by atoms with Crippen molar-refractivity contribution in [1.29, 1.82) is 0 Å². The van der Waals surface area contributed by atoms with E-state index in [9.17, 15) is 19.2 Å². The van der Waals surface area contributed by atoms with E-state index in [2.05, 4.69) is 10.6 Å². The number of carbonyl (C=O) groups is 4. The lowest BCUT2D eigenvalue weighted by atomic mass is 9.94. The van der Waals surface area contributed by atoms with Gasteiger partial charge in [-0.05, 0) is 61.0 Å². The predicted molar refractivity (Wildman–Crippen MR) is 181 cm³/mol. The lowest BCUT2D eigenvalue weighted by Gasteiger charge is -2.27. The number of hydrogen-bond acceptors (Lipinski definition) is 6. The Morgan fingerprint density at radius 3 is 1.02 bits per heavy atom. The van der Waals surface area contributed by atoms with Gasteiger partial charge in [0.1, 0.15) is 0 Å². The Kier molecular flexibility index (Phi) is 10.2. The molecule has 2 N–H and O–H groups in total. The predicted octanol–water partition coefficient (Wildman–Crippen LogP) is 6.19. The van der Waals surface area contributed by atoms with Crippen molar-refractivity contribution in [2.45, 2.75) is 51.4 Å². The van der Waals surface area contributed by atoms with Crippen LogP contribution in [0.3, 0.4) is 0 Å². The molecule has 2 aliphatic heterocycles. The van der Waals surface area contributed by atoms with E-state index in [0.29, 0.717) is 48.4 Å². The Morgan fingerprint density at radius 1 is 0.391 bits per heavy atom. The maximum Gasteiger partial charge on any atom is 0.261 e. The summed E-state index contributed by atoms with van der Waals surface area (Å²) in [6.45, 7) is 3.70. The molecule has 2 aliphatic rings. The summed E-state index contributed by atoms with van der Waals surface area (Å²) in [6.07, 6.45) is 9.35. The van der Waals surface area contributed by atoms with Crippen molar-refractivity contribution < 1.29 is 19.2 Å². The number of unbranched alkanes of at least 4 members (excludes halogenated alkanes) is 7. The second-order valence-electron chi connectivity index (χ2n) is 12.3. The van der Waals surface area contributed by atoms with Crippen molar-refractivity contribution in [2.24, 2.45) is 0 Å². The number of carbonyl (C=O) groups excluding carboxylic acids is 4. The highest BCUT2D eigenvalue weighted by Gasteiger charge is 2.33. The number of nitrogens with one attached hydrogen (secondary N) is 2. The smallest absolute Gasteiger partial charge is 0.261 e. The summed E-state index contributed by atoms with van der Waals surface area (Å²) in [5, 5.41) is 10.2. The van der Waals surface area contributed by atoms with Crippen molar-refractivity contribution in [3.05, 3.63) is 95.1 Å². The molecule has 8 nitrogen and oxygen atoms in total.